The topological polar surface area (TPSA) is 123 Å². The Balaban J connectivity index is 1.95. The van der Waals surface area contributed by atoms with Gasteiger partial charge in [-0.3, -0.25) is 4.98 Å². The van der Waals surface area contributed by atoms with Crippen molar-refractivity contribution in [3.05, 3.63) is 53.7 Å². The van der Waals surface area contributed by atoms with Crippen LogP contribution in [0.15, 0.2) is 42.6 Å². The molecule has 0 bridgehead atoms. The molecule has 3 rings (SSSR count). The van der Waals surface area contributed by atoms with E-state index in [1.807, 2.05) is 18.2 Å². The number of ether oxygens (including phenoxy) is 1. The highest BCUT2D eigenvalue weighted by Gasteiger charge is 2.16. The van der Waals surface area contributed by atoms with Crippen molar-refractivity contribution >= 4 is 11.6 Å². The van der Waals surface area contributed by atoms with Crippen LogP contribution in [0.1, 0.15) is 11.1 Å². The molecule has 0 aliphatic heterocycles. The molecule has 0 aliphatic rings. The highest BCUT2D eigenvalue weighted by molar-refractivity contribution is 5.62. The van der Waals surface area contributed by atoms with E-state index in [0.717, 1.165) is 5.56 Å². The molecule has 0 atom stereocenters. The first-order valence-corrected chi connectivity index (χ1v) is 7.30. The number of aromatic nitrogens is 3. The minimum absolute atomic E-state index is 0.290. The van der Waals surface area contributed by atoms with Crippen LogP contribution in [0, 0.1) is 0 Å². The molecule has 2 heterocycles. The lowest BCUT2D eigenvalue weighted by molar-refractivity contribution is 0.406. The predicted molar refractivity (Wildman–Crippen MR) is 92.9 cm³/mol. The zero-order chi connectivity index (χ0) is 17.1. The first-order chi connectivity index (χ1) is 11.6. The number of nitrogens with two attached hydrogens (primary N) is 2. The average Bonchev–Trinajstić information content (AvgIpc) is 2.59. The van der Waals surface area contributed by atoms with Crippen molar-refractivity contribution in [2.75, 3.05) is 18.6 Å². The molecule has 7 nitrogen and oxygen atoms in total. The number of benzene rings is 1. The predicted octanol–water partition coefficient (Wildman–Crippen LogP) is 1.74. The number of pyridine rings is 1. The van der Waals surface area contributed by atoms with Gasteiger partial charge < -0.3 is 21.3 Å². The third-order valence-corrected chi connectivity index (χ3v) is 3.65. The van der Waals surface area contributed by atoms with Crippen LogP contribution in [0.5, 0.6) is 11.5 Å². The van der Waals surface area contributed by atoms with Gasteiger partial charge in [0.25, 0.3) is 5.75 Å². The van der Waals surface area contributed by atoms with Gasteiger partial charge in [0, 0.05) is 18.2 Å². The lowest BCUT2D eigenvalue weighted by atomic mass is 10.0. The maximum atomic E-state index is 8.07. The summed E-state index contributed by atoms with van der Waals surface area (Å²) in [6.45, 7) is 0. The molecule has 0 unspecified atom stereocenters. The van der Waals surface area contributed by atoms with Crippen LogP contribution in [-0.2, 0) is 6.42 Å². The number of nitrogens with zero attached hydrogens (tertiary/aromatic N) is 3. The van der Waals surface area contributed by atoms with E-state index in [4.69, 9.17) is 21.3 Å². The smallest absolute Gasteiger partial charge is 0.261 e. The molecule has 0 fully saturated rings. The van der Waals surface area contributed by atoms with Gasteiger partial charge in [-0.25, -0.2) is 9.97 Å². The molecule has 122 valence electrons. The molecule has 0 amide bonds. The van der Waals surface area contributed by atoms with Crippen molar-refractivity contribution in [1.29, 1.82) is 0 Å². The van der Waals surface area contributed by atoms with Crippen LogP contribution in [0.3, 0.4) is 0 Å². The van der Waals surface area contributed by atoms with Crippen LogP contribution >= 0.6 is 0 Å². The number of hydrogen-bond acceptors (Lipinski definition) is 6. The molecule has 0 aliphatic carbocycles. The Bertz CT molecular complexity index is 845. The molecule has 0 radical (unpaired) electrons. The number of anilines is 2. The summed E-state index contributed by atoms with van der Waals surface area (Å²) in [6.07, 6.45) is 2.03. The fraction of sp³-hybridized carbons (Fsp3) is 0.118. The Morgan fingerprint density at radius 2 is 1.83 bits per heavy atom. The summed E-state index contributed by atoms with van der Waals surface area (Å²) < 4.78 is 5.11. The summed E-state index contributed by atoms with van der Waals surface area (Å²) in [7, 11) is 1.56. The second kappa shape index (κ2) is 6.41. The molecule has 3 aromatic rings. The lowest BCUT2D eigenvalue weighted by Crippen LogP contribution is -2.08. The van der Waals surface area contributed by atoms with E-state index in [9.17, 15) is 0 Å². The summed E-state index contributed by atoms with van der Waals surface area (Å²) in [6, 6.07) is 10.7. The average molecular weight is 324 g/mol. The Hall–Kier alpha value is -3.35. The molecule has 0 saturated heterocycles. The molecular weight excluding hydrogens is 306 g/mol. The molecule has 6 N–H and O–H groups in total. The minimum Gasteiger partial charge on any atom is -0.593 e. The van der Waals surface area contributed by atoms with Crippen molar-refractivity contribution in [2.24, 2.45) is 0 Å². The molecule has 1 aromatic carbocycles. The third-order valence-electron chi connectivity index (χ3n) is 3.65. The highest BCUT2D eigenvalue weighted by Crippen LogP contribution is 2.29. The SMILES string of the molecule is COc1ccc(Cc2c(N)nc(-c3ccccn3)nc2N)c([OH2+])c1. The standard InChI is InChI=1S/C17H17N5O2/c1-24-11-6-5-10(14(23)9-11)8-12-15(18)21-17(22-16(12)19)13-4-2-3-7-20-13/h2-7,9,23H,8H2,1H3,(H4,18,19,21,22)/p+1. The second-order valence-electron chi connectivity index (χ2n) is 5.21. The van der Waals surface area contributed by atoms with Gasteiger partial charge in [-0.1, -0.05) is 6.07 Å². The monoisotopic (exact) mass is 324 g/mol. The Morgan fingerprint density at radius 1 is 1.08 bits per heavy atom. The van der Waals surface area contributed by atoms with E-state index >= 15 is 0 Å². The van der Waals surface area contributed by atoms with Gasteiger partial charge in [0.15, 0.2) is 5.82 Å². The summed E-state index contributed by atoms with van der Waals surface area (Å²) in [5, 5.41) is 8.07. The maximum absolute atomic E-state index is 8.07. The molecule has 2 aromatic heterocycles. The fourth-order valence-corrected chi connectivity index (χ4v) is 2.34. The van der Waals surface area contributed by atoms with Gasteiger partial charge in [0.05, 0.1) is 18.7 Å². The van der Waals surface area contributed by atoms with Crippen molar-refractivity contribution < 1.29 is 9.84 Å². The Morgan fingerprint density at radius 3 is 2.42 bits per heavy atom. The Kier molecular flexibility index (Phi) is 4.15. The van der Waals surface area contributed by atoms with Crippen molar-refractivity contribution in [3.8, 4) is 23.0 Å². The van der Waals surface area contributed by atoms with Crippen LogP contribution < -0.4 is 16.2 Å². The molecule has 24 heavy (non-hydrogen) atoms. The molecule has 0 saturated carbocycles. The van der Waals surface area contributed by atoms with E-state index in [0.29, 0.717) is 46.6 Å². The van der Waals surface area contributed by atoms with E-state index in [1.54, 1.807) is 31.5 Å². The molecule has 0 spiro atoms. The van der Waals surface area contributed by atoms with Crippen molar-refractivity contribution in [1.82, 2.24) is 15.0 Å². The van der Waals surface area contributed by atoms with Crippen LogP contribution in [0.4, 0.5) is 11.6 Å². The molecule has 7 heteroatoms. The van der Waals surface area contributed by atoms with Gasteiger partial charge >= 0.3 is 0 Å². The number of methoxy groups -OCH3 is 1. The summed E-state index contributed by atoms with van der Waals surface area (Å²) in [5.41, 5.74) is 14.1. The summed E-state index contributed by atoms with van der Waals surface area (Å²) in [4.78, 5) is 12.8. The van der Waals surface area contributed by atoms with Crippen LogP contribution in [0.2, 0.25) is 0 Å². The number of hydrogen-bond donors (Lipinski definition) is 2. The van der Waals surface area contributed by atoms with Gasteiger partial charge in [-0.15, -0.1) is 0 Å². The van der Waals surface area contributed by atoms with Crippen LogP contribution in [0.25, 0.3) is 11.5 Å². The first kappa shape index (κ1) is 15.5. The van der Waals surface area contributed by atoms with E-state index in [1.165, 1.54) is 0 Å². The highest BCUT2D eigenvalue weighted by atomic mass is 16.5. The maximum Gasteiger partial charge on any atom is 0.261 e. The zero-order valence-electron chi connectivity index (χ0n) is 13.2. The van der Waals surface area contributed by atoms with Crippen molar-refractivity contribution in [2.45, 2.75) is 6.42 Å². The minimum atomic E-state index is 0.290. The largest absolute Gasteiger partial charge is 0.593 e. The van der Waals surface area contributed by atoms with Gasteiger partial charge in [-0.2, -0.15) is 0 Å². The fourth-order valence-electron chi connectivity index (χ4n) is 2.34. The van der Waals surface area contributed by atoms with Gasteiger partial charge in [0.1, 0.15) is 23.1 Å². The zero-order valence-corrected chi connectivity index (χ0v) is 13.2. The van der Waals surface area contributed by atoms with Crippen molar-refractivity contribution in [3.63, 3.8) is 0 Å². The quantitative estimate of drug-likeness (QED) is 0.705. The van der Waals surface area contributed by atoms with Gasteiger partial charge in [0.2, 0.25) is 0 Å². The van der Waals surface area contributed by atoms with E-state index in [2.05, 4.69) is 15.0 Å². The van der Waals surface area contributed by atoms with Crippen LogP contribution in [-0.4, -0.2) is 27.2 Å². The normalized spacial score (nSPS) is 10.5. The number of nitrogen functional groups attached to an aromatic ring is 2. The third kappa shape index (κ3) is 3.05. The first-order valence-electron chi connectivity index (χ1n) is 7.30. The second-order valence-corrected chi connectivity index (χ2v) is 5.21. The Labute approximate surface area is 139 Å². The molecular formula is C17H18N5O2+. The van der Waals surface area contributed by atoms with E-state index < -0.39 is 0 Å². The number of rotatable bonds is 4. The van der Waals surface area contributed by atoms with E-state index in [-0.39, 0.29) is 0 Å². The van der Waals surface area contributed by atoms with Gasteiger partial charge in [-0.05, 0) is 24.3 Å². The lowest BCUT2D eigenvalue weighted by Gasteiger charge is -2.10. The summed E-state index contributed by atoms with van der Waals surface area (Å²) >= 11 is 0. The summed E-state index contributed by atoms with van der Waals surface area (Å²) in [5.74, 6) is 1.94.